The van der Waals surface area contributed by atoms with E-state index in [1.54, 1.807) is 12.0 Å². The number of carbonyl (C=O) groups is 1. The molecule has 0 aliphatic carbocycles. The molecule has 23 heavy (non-hydrogen) atoms. The highest BCUT2D eigenvalue weighted by Crippen LogP contribution is 2.11. The largest absolute Gasteiger partial charge is 0.497 e. The van der Waals surface area contributed by atoms with Crippen molar-refractivity contribution in [1.29, 1.82) is 5.26 Å². The maximum atomic E-state index is 12.0. The van der Waals surface area contributed by atoms with Crippen LogP contribution in [0.1, 0.15) is 12.5 Å². The molecule has 6 nitrogen and oxygen atoms in total. The van der Waals surface area contributed by atoms with E-state index >= 15 is 0 Å². The second-order valence-corrected chi connectivity index (χ2v) is 4.86. The summed E-state index contributed by atoms with van der Waals surface area (Å²) in [5.41, 5.74) is 1.11. The van der Waals surface area contributed by atoms with Crippen molar-refractivity contribution in [1.82, 2.24) is 10.2 Å². The minimum atomic E-state index is -0.405. The molecule has 0 spiro atoms. The summed E-state index contributed by atoms with van der Waals surface area (Å²) in [5.74, 6) is 0.383. The lowest BCUT2D eigenvalue weighted by Crippen LogP contribution is -2.29. The Labute approximate surface area is 137 Å². The van der Waals surface area contributed by atoms with Gasteiger partial charge in [0.1, 0.15) is 17.4 Å². The third-order valence-electron chi connectivity index (χ3n) is 3.33. The van der Waals surface area contributed by atoms with Crippen molar-refractivity contribution in [3.05, 3.63) is 41.6 Å². The molecule has 0 unspecified atom stereocenters. The van der Waals surface area contributed by atoms with E-state index in [0.717, 1.165) is 11.3 Å². The molecule has 0 atom stereocenters. The number of hydrogen-bond donors (Lipinski definition) is 2. The predicted molar refractivity (Wildman–Crippen MR) is 87.7 cm³/mol. The summed E-state index contributed by atoms with van der Waals surface area (Å²) >= 11 is 0. The molecule has 0 fully saturated rings. The Morgan fingerprint density at radius 3 is 2.65 bits per heavy atom. The van der Waals surface area contributed by atoms with Crippen molar-refractivity contribution in [2.75, 3.05) is 33.4 Å². The molecule has 0 aromatic heterocycles. The number of benzene rings is 1. The average molecular weight is 317 g/mol. The van der Waals surface area contributed by atoms with Crippen molar-refractivity contribution in [2.24, 2.45) is 0 Å². The molecule has 1 aromatic carbocycles. The van der Waals surface area contributed by atoms with Gasteiger partial charge in [-0.05, 0) is 31.0 Å². The quantitative estimate of drug-likeness (QED) is 0.526. The SMILES string of the molecule is CCN(/C=C(/C#N)C(=O)NCCc1ccc(OC)cc1)CCO. The van der Waals surface area contributed by atoms with Gasteiger partial charge < -0.3 is 20.1 Å². The summed E-state index contributed by atoms with van der Waals surface area (Å²) in [4.78, 5) is 13.7. The molecule has 0 heterocycles. The van der Waals surface area contributed by atoms with Gasteiger partial charge in [-0.25, -0.2) is 0 Å². The van der Waals surface area contributed by atoms with E-state index in [9.17, 15) is 4.79 Å². The van der Waals surface area contributed by atoms with Crippen LogP contribution in [-0.2, 0) is 11.2 Å². The number of amides is 1. The minimum Gasteiger partial charge on any atom is -0.497 e. The van der Waals surface area contributed by atoms with Crippen LogP contribution in [0, 0.1) is 11.3 Å². The van der Waals surface area contributed by atoms with Gasteiger partial charge in [-0.1, -0.05) is 12.1 Å². The molecule has 0 saturated heterocycles. The molecule has 1 rings (SSSR count). The zero-order chi connectivity index (χ0) is 17.1. The van der Waals surface area contributed by atoms with Crippen molar-refractivity contribution in [2.45, 2.75) is 13.3 Å². The lowest BCUT2D eigenvalue weighted by Gasteiger charge is -2.17. The summed E-state index contributed by atoms with van der Waals surface area (Å²) in [6.45, 7) is 3.31. The van der Waals surface area contributed by atoms with Gasteiger partial charge in [-0.15, -0.1) is 0 Å². The Morgan fingerprint density at radius 1 is 1.43 bits per heavy atom. The molecule has 0 bridgehead atoms. The number of nitrogens with one attached hydrogen (secondary N) is 1. The number of rotatable bonds is 9. The highest BCUT2D eigenvalue weighted by molar-refractivity contribution is 5.97. The summed E-state index contributed by atoms with van der Waals surface area (Å²) in [5, 5.41) is 20.8. The number of carbonyl (C=O) groups excluding carboxylic acids is 1. The van der Waals surface area contributed by atoms with Gasteiger partial charge >= 0.3 is 0 Å². The van der Waals surface area contributed by atoms with Crippen molar-refractivity contribution in [3.8, 4) is 11.8 Å². The average Bonchev–Trinajstić information content (AvgIpc) is 2.59. The van der Waals surface area contributed by atoms with Gasteiger partial charge in [0.2, 0.25) is 0 Å². The molecular weight excluding hydrogens is 294 g/mol. The monoisotopic (exact) mass is 317 g/mol. The zero-order valence-electron chi connectivity index (χ0n) is 13.6. The van der Waals surface area contributed by atoms with Gasteiger partial charge in [-0.2, -0.15) is 5.26 Å². The Balaban J connectivity index is 2.53. The Morgan fingerprint density at radius 2 is 2.13 bits per heavy atom. The van der Waals surface area contributed by atoms with Crippen LogP contribution < -0.4 is 10.1 Å². The fraction of sp³-hybridized carbons (Fsp3) is 0.412. The number of nitrogens with zero attached hydrogens (tertiary/aromatic N) is 2. The summed E-state index contributed by atoms with van der Waals surface area (Å²) in [7, 11) is 1.61. The van der Waals surface area contributed by atoms with Crippen LogP contribution in [0.4, 0.5) is 0 Å². The van der Waals surface area contributed by atoms with Crippen LogP contribution in [0.15, 0.2) is 36.0 Å². The maximum Gasteiger partial charge on any atom is 0.263 e. The molecule has 0 radical (unpaired) electrons. The van der Waals surface area contributed by atoms with Gasteiger partial charge in [0.15, 0.2) is 0 Å². The molecule has 1 aromatic rings. The smallest absolute Gasteiger partial charge is 0.263 e. The van der Waals surface area contributed by atoms with Gasteiger partial charge in [0.25, 0.3) is 5.91 Å². The Hall–Kier alpha value is -2.52. The second-order valence-electron chi connectivity index (χ2n) is 4.86. The molecule has 124 valence electrons. The topological polar surface area (TPSA) is 85.6 Å². The molecule has 0 aliphatic rings. The van der Waals surface area contributed by atoms with Crippen LogP contribution in [0.5, 0.6) is 5.75 Å². The number of nitriles is 1. The zero-order valence-corrected chi connectivity index (χ0v) is 13.6. The molecule has 0 aliphatic heterocycles. The van der Waals surface area contributed by atoms with E-state index < -0.39 is 5.91 Å². The first-order chi connectivity index (χ1) is 11.1. The first-order valence-electron chi connectivity index (χ1n) is 7.52. The van der Waals surface area contributed by atoms with E-state index in [0.29, 0.717) is 26.1 Å². The molecule has 0 saturated carbocycles. The number of aliphatic hydroxyl groups is 1. The number of methoxy groups -OCH3 is 1. The molecule has 2 N–H and O–H groups in total. The van der Waals surface area contributed by atoms with E-state index in [2.05, 4.69) is 5.32 Å². The van der Waals surface area contributed by atoms with Crippen molar-refractivity contribution >= 4 is 5.91 Å². The lowest BCUT2D eigenvalue weighted by molar-refractivity contribution is -0.117. The van der Waals surface area contributed by atoms with Crippen LogP contribution in [0.3, 0.4) is 0 Å². The summed E-state index contributed by atoms with van der Waals surface area (Å²) in [6.07, 6.45) is 2.15. The lowest BCUT2D eigenvalue weighted by atomic mass is 10.1. The third-order valence-corrected chi connectivity index (χ3v) is 3.33. The third kappa shape index (κ3) is 6.41. The van der Waals surface area contributed by atoms with Crippen LogP contribution in [0.2, 0.25) is 0 Å². The standard InChI is InChI=1S/C17H23N3O3/c1-3-20(10-11-21)13-15(12-18)17(22)19-9-8-14-4-6-16(23-2)7-5-14/h4-7,13,21H,3,8-11H2,1-2H3,(H,19,22)/b15-13-. The molecular formula is C17H23N3O3. The van der Waals surface area contributed by atoms with E-state index in [1.165, 1.54) is 6.20 Å². The summed E-state index contributed by atoms with van der Waals surface area (Å²) in [6, 6.07) is 9.50. The van der Waals surface area contributed by atoms with E-state index in [1.807, 2.05) is 37.3 Å². The number of aliphatic hydroxyl groups excluding tert-OH is 1. The van der Waals surface area contributed by atoms with Crippen LogP contribution >= 0.6 is 0 Å². The highest BCUT2D eigenvalue weighted by Gasteiger charge is 2.10. The normalized spacial score (nSPS) is 10.8. The fourth-order valence-corrected chi connectivity index (χ4v) is 1.97. The first-order valence-corrected chi connectivity index (χ1v) is 7.52. The Kier molecular flexibility index (Phi) is 8.25. The van der Waals surface area contributed by atoms with Gasteiger partial charge in [-0.3, -0.25) is 4.79 Å². The predicted octanol–water partition coefficient (Wildman–Crippen LogP) is 1.08. The van der Waals surface area contributed by atoms with E-state index in [4.69, 9.17) is 15.1 Å². The Bertz CT molecular complexity index is 561. The van der Waals surface area contributed by atoms with Crippen molar-refractivity contribution in [3.63, 3.8) is 0 Å². The first kappa shape index (κ1) is 18.5. The number of ether oxygens (including phenoxy) is 1. The number of likely N-dealkylation sites (N-methyl/N-ethyl adjacent to an activating group) is 1. The van der Waals surface area contributed by atoms with Gasteiger partial charge in [0.05, 0.1) is 13.7 Å². The van der Waals surface area contributed by atoms with Crippen LogP contribution in [0.25, 0.3) is 0 Å². The van der Waals surface area contributed by atoms with Crippen molar-refractivity contribution < 1.29 is 14.6 Å². The number of hydrogen-bond acceptors (Lipinski definition) is 5. The molecule has 1 amide bonds. The maximum absolute atomic E-state index is 12.0. The summed E-state index contributed by atoms with van der Waals surface area (Å²) < 4.78 is 5.09. The fourth-order valence-electron chi connectivity index (χ4n) is 1.97. The molecule has 6 heteroatoms. The second kappa shape index (κ2) is 10.2. The van der Waals surface area contributed by atoms with E-state index in [-0.39, 0.29) is 12.2 Å². The minimum absolute atomic E-state index is 0.0257. The van der Waals surface area contributed by atoms with Crippen LogP contribution in [-0.4, -0.2) is 49.3 Å². The van der Waals surface area contributed by atoms with Gasteiger partial charge in [0, 0.05) is 25.8 Å². The highest BCUT2D eigenvalue weighted by atomic mass is 16.5.